The van der Waals surface area contributed by atoms with E-state index in [0.29, 0.717) is 5.41 Å². The van der Waals surface area contributed by atoms with Crippen LogP contribution in [-0.4, -0.2) is 28.7 Å². The van der Waals surface area contributed by atoms with Crippen LogP contribution in [0.3, 0.4) is 0 Å². The van der Waals surface area contributed by atoms with E-state index in [2.05, 4.69) is 5.32 Å². The largest absolute Gasteiger partial charge is 0.385 e. The quantitative estimate of drug-likeness (QED) is 0.767. The Labute approximate surface area is 126 Å². The van der Waals surface area contributed by atoms with Crippen molar-refractivity contribution >= 4 is 10.0 Å². The summed E-state index contributed by atoms with van der Waals surface area (Å²) in [5, 5.41) is 8.67. The van der Waals surface area contributed by atoms with Crippen LogP contribution >= 0.6 is 0 Å². The molecule has 3 N–H and O–H groups in total. The van der Waals surface area contributed by atoms with E-state index in [0.717, 1.165) is 25.1 Å². The van der Waals surface area contributed by atoms with Gasteiger partial charge in [0.1, 0.15) is 0 Å². The predicted molar refractivity (Wildman–Crippen MR) is 82.4 cm³/mol. The third kappa shape index (κ3) is 4.51. The Morgan fingerprint density at radius 3 is 2.71 bits per heavy atom. The van der Waals surface area contributed by atoms with E-state index < -0.39 is 10.0 Å². The maximum Gasteiger partial charge on any atom is 0.238 e. The van der Waals surface area contributed by atoms with E-state index >= 15 is 0 Å². The summed E-state index contributed by atoms with van der Waals surface area (Å²) in [5.41, 5.74) is 1.30. The average Bonchev–Trinajstić information content (AvgIpc) is 3.22. The lowest BCUT2D eigenvalue weighted by Gasteiger charge is -2.20. The summed E-state index contributed by atoms with van der Waals surface area (Å²) in [4.78, 5) is 0.161. The molecule has 1 aliphatic carbocycles. The maximum atomic E-state index is 11.4. The minimum absolute atomic E-state index is 0.0896. The summed E-state index contributed by atoms with van der Waals surface area (Å²) >= 11 is 0. The molecule has 2 rings (SSSR count). The Hall–Kier alpha value is -0.950. The monoisotopic (exact) mass is 312 g/mol. The molecule has 118 valence electrons. The van der Waals surface area contributed by atoms with Crippen molar-refractivity contribution in [3.05, 3.63) is 29.8 Å². The number of benzene rings is 1. The van der Waals surface area contributed by atoms with Gasteiger partial charge in [-0.1, -0.05) is 12.1 Å². The van der Waals surface area contributed by atoms with Gasteiger partial charge in [-0.05, 0) is 49.3 Å². The Balaban J connectivity index is 1.96. The van der Waals surface area contributed by atoms with Crippen molar-refractivity contribution in [1.82, 2.24) is 5.32 Å². The molecule has 0 aliphatic heterocycles. The van der Waals surface area contributed by atoms with Crippen molar-refractivity contribution in [2.24, 2.45) is 10.6 Å². The lowest BCUT2D eigenvalue weighted by atomic mass is 10.0. The zero-order valence-corrected chi connectivity index (χ0v) is 13.4. The standard InChI is InChI=1S/C15H24N2O3S/c1-12(17-11-15(6-7-15)8-9-20-2)13-4-3-5-14(10-13)21(16,18)19/h3-5,10,12,17H,6-9,11H2,1-2H3,(H2,16,18,19). The lowest BCUT2D eigenvalue weighted by Crippen LogP contribution is -2.27. The predicted octanol–water partition coefficient (Wildman–Crippen LogP) is 1.80. The van der Waals surface area contributed by atoms with Gasteiger partial charge >= 0.3 is 0 Å². The van der Waals surface area contributed by atoms with Crippen molar-refractivity contribution in [1.29, 1.82) is 0 Å². The minimum Gasteiger partial charge on any atom is -0.385 e. The molecular formula is C15H24N2O3S. The summed E-state index contributed by atoms with van der Waals surface area (Å²) < 4.78 is 27.9. The Kier molecular flexibility index (Phi) is 5.03. The number of hydrogen-bond acceptors (Lipinski definition) is 4. The summed E-state index contributed by atoms with van der Waals surface area (Å²) in [6.45, 7) is 3.75. The molecule has 1 aliphatic rings. The highest BCUT2D eigenvalue weighted by Crippen LogP contribution is 2.48. The molecule has 1 unspecified atom stereocenters. The highest BCUT2D eigenvalue weighted by molar-refractivity contribution is 7.89. The van der Waals surface area contributed by atoms with Crippen molar-refractivity contribution in [2.45, 2.75) is 37.1 Å². The fourth-order valence-corrected chi connectivity index (χ4v) is 3.03. The fraction of sp³-hybridized carbons (Fsp3) is 0.600. The molecular weight excluding hydrogens is 288 g/mol. The van der Waals surface area contributed by atoms with Crippen LogP contribution in [0.15, 0.2) is 29.2 Å². The molecule has 0 aromatic heterocycles. The summed E-state index contributed by atoms with van der Waals surface area (Å²) in [5.74, 6) is 0. The topological polar surface area (TPSA) is 81.4 Å². The van der Waals surface area contributed by atoms with Crippen molar-refractivity contribution in [2.75, 3.05) is 20.3 Å². The molecule has 1 fully saturated rings. The summed E-state index contributed by atoms with van der Waals surface area (Å²) in [7, 11) is -1.92. The first-order chi connectivity index (χ1) is 9.86. The molecule has 1 saturated carbocycles. The Bertz CT molecular complexity index is 582. The molecule has 6 heteroatoms. The van der Waals surface area contributed by atoms with Crippen LogP contribution in [0.2, 0.25) is 0 Å². The van der Waals surface area contributed by atoms with Gasteiger partial charge in [-0.3, -0.25) is 0 Å². The smallest absolute Gasteiger partial charge is 0.238 e. The zero-order valence-electron chi connectivity index (χ0n) is 12.6. The zero-order chi connectivity index (χ0) is 15.5. The first-order valence-corrected chi connectivity index (χ1v) is 8.76. The van der Waals surface area contributed by atoms with Crippen LogP contribution in [0, 0.1) is 5.41 Å². The highest BCUT2D eigenvalue weighted by Gasteiger charge is 2.41. The third-order valence-corrected chi connectivity index (χ3v) is 5.17. The molecule has 0 bridgehead atoms. The number of hydrogen-bond donors (Lipinski definition) is 2. The van der Waals surface area contributed by atoms with Crippen molar-refractivity contribution in [3.8, 4) is 0 Å². The molecule has 0 spiro atoms. The summed E-state index contributed by atoms with van der Waals surface area (Å²) in [6.07, 6.45) is 3.53. The van der Waals surface area contributed by atoms with Gasteiger partial charge in [-0.15, -0.1) is 0 Å². The summed E-state index contributed by atoms with van der Waals surface area (Å²) in [6, 6.07) is 6.90. The van der Waals surface area contributed by atoms with Gasteiger partial charge in [0.15, 0.2) is 0 Å². The number of methoxy groups -OCH3 is 1. The van der Waals surface area contributed by atoms with E-state index in [9.17, 15) is 8.42 Å². The normalized spacial score (nSPS) is 18.4. The Morgan fingerprint density at radius 1 is 1.43 bits per heavy atom. The van der Waals surface area contributed by atoms with E-state index in [-0.39, 0.29) is 10.9 Å². The maximum absolute atomic E-state index is 11.4. The molecule has 0 heterocycles. The van der Waals surface area contributed by atoms with Gasteiger partial charge < -0.3 is 10.1 Å². The average molecular weight is 312 g/mol. The van der Waals surface area contributed by atoms with Crippen LogP contribution in [-0.2, 0) is 14.8 Å². The first-order valence-electron chi connectivity index (χ1n) is 7.21. The van der Waals surface area contributed by atoms with E-state index in [1.807, 2.05) is 13.0 Å². The molecule has 1 aromatic carbocycles. The molecule has 0 saturated heterocycles. The van der Waals surface area contributed by atoms with Gasteiger partial charge in [0.2, 0.25) is 10.0 Å². The van der Waals surface area contributed by atoms with Crippen molar-refractivity contribution < 1.29 is 13.2 Å². The highest BCUT2D eigenvalue weighted by atomic mass is 32.2. The van der Waals surface area contributed by atoms with Gasteiger partial charge in [0.05, 0.1) is 4.90 Å². The van der Waals surface area contributed by atoms with E-state index in [1.165, 1.54) is 18.9 Å². The number of nitrogens with one attached hydrogen (secondary N) is 1. The van der Waals surface area contributed by atoms with Gasteiger partial charge in [0, 0.05) is 26.3 Å². The third-order valence-electron chi connectivity index (χ3n) is 4.26. The number of nitrogens with two attached hydrogens (primary N) is 1. The molecule has 5 nitrogen and oxygen atoms in total. The van der Waals surface area contributed by atoms with Crippen LogP contribution in [0.25, 0.3) is 0 Å². The number of sulfonamides is 1. The molecule has 0 radical (unpaired) electrons. The number of rotatable bonds is 8. The molecule has 1 aromatic rings. The van der Waals surface area contributed by atoms with Gasteiger partial charge in [-0.25, -0.2) is 13.6 Å². The van der Waals surface area contributed by atoms with Crippen molar-refractivity contribution in [3.63, 3.8) is 0 Å². The van der Waals surface area contributed by atoms with E-state index in [4.69, 9.17) is 9.88 Å². The van der Waals surface area contributed by atoms with Crippen LogP contribution < -0.4 is 10.5 Å². The fourth-order valence-electron chi connectivity index (χ4n) is 2.46. The van der Waals surface area contributed by atoms with Crippen LogP contribution in [0.5, 0.6) is 0 Å². The Morgan fingerprint density at radius 2 is 2.14 bits per heavy atom. The molecule has 21 heavy (non-hydrogen) atoms. The molecule has 0 amide bonds. The van der Waals surface area contributed by atoms with Crippen LogP contribution in [0.4, 0.5) is 0 Å². The minimum atomic E-state index is -3.65. The number of ether oxygens (including phenoxy) is 1. The van der Waals surface area contributed by atoms with Crippen LogP contribution in [0.1, 0.15) is 37.8 Å². The lowest BCUT2D eigenvalue weighted by molar-refractivity contribution is 0.170. The number of primary sulfonamides is 1. The second-order valence-corrected chi connectivity index (χ2v) is 7.52. The van der Waals surface area contributed by atoms with E-state index in [1.54, 1.807) is 19.2 Å². The van der Waals surface area contributed by atoms with Gasteiger partial charge in [0.25, 0.3) is 0 Å². The second kappa shape index (κ2) is 6.44. The molecule has 1 atom stereocenters. The SMILES string of the molecule is COCCC1(CNC(C)c2cccc(S(N)(=O)=O)c2)CC1. The van der Waals surface area contributed by atoms with Gasteiger partial charge in [-0.2, -0.15) is 0 Å². The second-order valence-electron chi connectivity index (χ2n) is 5.96. The first kappa shape index (κ1) is 16.4.